The quantitative estimate of drug-likeness (QED) is 0.186. The second-order valence-electron chi connectivity index (χ2n) is 14.2. The molecule has 5 rings (SSSR count). The Bertz CT molecular complexity index is 1700. The molecule has 15 heteroatoms. The van der Waals surface area contributed by atoms with Crippen molar-refractivity contribution < 1.29 is 42.5 Å². The van der Waals surface area contributed by atoms with Crippen molar-refractivity contribution in [3.63, 3.8) is 0 Å². The fourth-order valence-corrected chi connectivity index (χ4v) is 6.65. The molecule has 2 saturated heterocycles. The summed E-state index contributed by atoms with van der Waals surface area (Å²) in [6, 6.07) is 14.1. The smallest absolute Gasteiger partial charge is 0.422 e. The van der Waals surface area contributed by atoms with Gasteiger partial charge in [-0.1, -0.05) is 62.7 Å². The molecule has 3 N–H and O–H groups in total. The molecule has 6 unspecified atom stereocenters. The van der Waals surface area contributed by atoms with Crippen LogP contribution in [0.15, 0.2) is 67.0 Å². The summed E-state index contributed by atoms with van der Waals surface area (Å²) in [6.45, 7) is 6.01. The molecule has 2 aliphatic heterocycles. The zero-order chi connectivity index (χ0) is 38.1. The summed E-state index contributed by atoms with van der Waals surface area (Å²) < 4.78 is 42.8. The van der Waals surface area contributed by atoms with Crippen LogP contribution in [0.2, 0.25) is 5.02 Å². The molecule has 2 aliphatic rings. The van der Waals surface area contributed by atoms with E-state index < -0.39 is 59.9 Å². The Kier molecular flexibility index (Phi) is 13.6. The van der Waals surface area contributed by atoms with Gasteiger partial charge < -0.3 is 34.3 Å². The summed E-state index contributed by atoms with van der Waals surface area (Å²) in [6.07, 6.45) is 1.19. The van der Waals surface area contributed by atoms with E-state index in [2.05, 4.69) is 21.0 Å². The molecule has 53 heavy (non-hydrogen) atoms. The second kappa shape index (κ2) is 18.1. The first kappa shape index (κ1) is 39.9. The predicted octanol–water partition coefficient (Wildman–Crippen LogP) is 5.26. The number of hydrazine groups is 1. The molecule has 286 valence electrons. The number of benzene rings is 2. The third-order valence-electron chi connectivity index (χ3n) is 9.32. The number of hydrogen-bond acceptors (Lipinski definition) is 10. The van der Waals surface area contributed by atoms with Crippen LogP contribution in [0.4, 0.5) is 14.0 Å². The van der Waals surface area contributed by atoms with Crippen LogP contribution >= 0.6 is 11.6 Å². The highest BCUT2D eigenvalue weighted by Gasteiger charge is 2.44. The first-order valence-corrected chi connectivity index (χ1v) is 17.8. The molecule has 0 spiro atoms. The van der Waals surface area contributed by atoms with E-state index in [0.29, 0.717) is 24.5 Å². The maximum Gasteiger partial charge on any atom is 0.422 e. The number of alkyl carbamates (subject to hydrolysis) is 1. The monoisotopic (exact) mass is 755 g/mol. The largest absolute Gasteiger partial charge is 0.453 e. The van der Waals surface area contributed by atoms with Gasteiger partial charge in [0.25, 0.3) is 0 Å². The van der Waals surface area contributed by atoms with Crippen molar-refractivity contribution in [2.45, 2.75) is 70.7 Å². The van der Waals surface area contributed by atoms with Crippen molar-refractivity contribution in [2.75, 3.05) is 34.0 Å². The Morgan fingerprint density at radius 3 is 2.49 bits per heavy atom. The van der Waals surface area contributed by atoms with Crippen LogP contribution in [-0.2, 0) is 41.4 Å². The number of carbonyl (C=O) groups excluding carboxylic acids is 3. The number of aromatic nitrogens is 1. The first-order valence-electron chi connectivity index (χ1n) is 17.4. The highest BCUT2D eigenvalue weighted by atomic mass is 35.5. The Labute approximate surface area is 313 Å². The van der Waals surface area contributed by atoms with Gasteiger partial charge in [0.1, 0.15) is 18.0 Å². The number of pyridine rings is 1. The minimum atomic E-state index is -0.982. The van der Waals surface area contributed by atoms with Crippen LogP contribution in [0.1, 0.15) is 38.3 Å². The van der Waals surface area contributed by atoms with E-state index in [4.69, 9.17) is 35.3 Å². The van der Waals surface area contributed by atoms with E-state index in [1.54, 1.807) is 12.4 Å². The van der Waals surface area contributed by atoms with Crippen LogP contribution in [0.25, 0.3) is 11.1 Å². The first-order chi connectivity index (χ1) is 25.3. The van der Waals surface area contributed by atoms with E-state index in [-0.39, 0.29) is 31.2 Å². The maximum atomic E-state index is 15.1. The van der Waals surface area contributed by atoms with Gasteiger partial charge in [-0.3, -0.25) is 15.2 Å². The summed E-state index contributed by atoms with van der Waals surface area (Å²) in [7, 11) is 2.71. The van der Waals surface area contributed by atoms with Crippen molar-refractivity contribution in [1.82, 2.24) is 26.1 Å². The third-order valence-corrected chi connectivity index (χ3v) is 9.56. The van der Waals surface area contributed by atoms with Crippen LogP contribution in [-0.4, -0.2) is 92.6 Å². The molecule has 6 atom stereocenters. The standard InChI is InChI=1S/C38H47ClFN5O8/c1-38(2,3)33(43-36(47)50-5)34(46)42-30(17-23-8-10-24(11-9-23)25-7-6-15-41-19-25)31(49-4)21-45(20-26-18-27(39)12-13-29(26)40)44-37(48)53-32-22-52-35-28(32)14-16-51-35/h6-13,15,18-19,28,30-33,35H,14,16-17,20-22H2,1-5H3,(H,42,46)(H,43,47)(H,44,48). The van der Waals surface area contributed by atoms with E-state index in [0.717, 1.165) is 16.7 Å². The number of methoxy groups -OCH3 is 2. The zero-order valence-electron chi connectivity index (χ0n) is 30.5. The maximum absolute atomic E-state index is 15.1. The van der Waals surface area contributed by atoms with Crippen LogP contribution < -0.4 is 16.1 Å². The molecule has 2 fully saturated rings. The summed E-state index contributed by atoms with van der Waals surface area (Å²) in [4.78, 5) is 43.9. The van der Waals surface area contributed by atoms with Gasteiger partial charge in [0, 0.05) is 43.2 Å². The van der Waals surface area contributed by atoms with Crippen molar-refractivity contribution in [3.05, 3.63) is 89.0 Å². The summed E-state index contributed by atoms with van der Waals surface area (Å²) >= 11 is 6.23. The normalized spacial score (nSPS) is 19.9. The molecule has 1 aromatic heterocycles. The number of amides is 3. The van der Waals surface area contributed by atoms with Gasteiger partial charge in [0.15, 0.2) is 6.29 Å². The minimum absolute atomic E-state index is 0.0305. The molecule has 3 amide bonds. The molecule has 3 aromatic rings. The van der Waals surface area contributed by atoms with Crippen LogP contribution in [0.3, 0.4) is 0 Å². The van der Waals surface area contributed by atoms with Crippen LogP contribution in [0.5, 0.6) is 0 Å². The molecule has 0 radical (unpaired) electrons. The Morgan fingerprint density at radius 2 is 1.81 bits per heavy atom. The fourth-order valence-electron chi connectivity index (χ4n) is 6.46. The lowest BCUT2D eigenvalue weighted by Crippen LogP contribution is -2.59. The SMILES string of the molecule is COC(=O)NC(C(=O)NC(Cc1ccc(-c2cccnc2)cc1)C(CN(Cc1cc(Cl)ccc1F)NC(=O)OC1COC2OCCC12)OC)C(C)(C)C. The van der Waals surface area contributed by atoms with E-state index >= 15 is 4.39 Å². The number of hydrogen-bond donors (Lipinski definition) is 3. The molecule has 13 nitrogen and oxygen atoms in total. The summed E-state index contributed by atoms with van der Waals surface area (Å²) in [5.74, 6) is -1.10. The third kappa shape index (κ3) is 10.9. The number of nitrogens with one attached hydrogen (secondary N) is 3. The zero-order valence-corrected chi connectivity index (χ0v) is 31.2. The Hall–Kier alpha value is -4.34. The Balaban J connectivity index is 1.42. The van der Waals surface area contributed by atoms with Crippen molar-refractivity contribution in [2.24, 2.45) is 11.3 Å². The molecule has 0 aliphatic carbocycles. The average molecular weight is 756 g/mol. The average Bonchev–Trinajstić information content (AvgIpc) is 3.76. The fraction of sp³-hybridized carbons (Fsp3) is 0.474. The molecule has 0 bridgehead atoms. The van der Waals surface area contributed by atoms with Gasteiger partial charge in [0.2, 0.25) is 5.91 Å². The number of carbonyl (C=O) groups is 3. The summed E-state index contributed by atoms with van der Waals surface area (Å²) in [5, 5.41) is 7.50. The lowest BCUT2D eigenvalue weighted by molar-refractivity contribution is -0.127. The molecular formula is C38H47ClFN5O8. The molecule has 2 aromatic carbocycles. The van der Waals surface area contributed by atoms with Crippen LogP contribution in [0, 0.1) is 17.2 Å². The van der Waals surface area contributed by atoms with E-state index in [1.807, 2.05) is 57.2 Å². The number of nitrogens with zero attached hydrogens (tertiary/aromatic N) is 2. The molecule has 0 saturated carbocycles. The van der Waals surface area contributed by atoms with Crippen molar-refractivity contribution in [3.8, 4) is 11.1 Å². The highest BCUT2D eigenvalue weighted by Crippen LogP contribution is 2.33. The van der Waals surface area contributed by atoms with Crippen molar-refractivity contribution in [1.29, 1.82) is 0 Å². The van der Waals surface area contributed by atoms with Gasteiger partial charge >= 0.3 is 12.2 Å². The van der Waals surface area contributed by atoms with Gasteiger partial charge in [0.05, 0.1) is 38.4 Å². The van der Waals surface area contributed by atoms with Gasteiger partial charge in [-0.25, -0.2) is 19.0 Å². The number of ether oxygens (including phenoxy) is 5. The number of rotatable bonds is 14. The lowest BCUT2D eigenvalue weighted by Gasteiger charge is -2.35. The van der Waals surface area contributed by atoms with Gasteiger partial charge in [-0.2, -0.15) is 0 Å². The van der Waals surface area contributed by atoms with E-state index in [9.17, 15) is 14.4 Å². The van der Waals surface area contributed by atoms with Crippen molar-refractivity contribution >= 4 is 29.7 Å². The summed E-state index contributed by atoms with van der Waals surface area (Å²) in [5.41, 5.74) is 5.04. The second-order valence-corrected chi connectivity index (χ2v) is 14.6. The topological polar surface area (TPSA) is 150 Å². The minimum Gasteiger partial charge on any atom is -0.453 e. The Morgan fingerprint density at radius 1 is 1.04 bits per heavy atom. The molecular weight excluding hydrogens is 709 g/mol. The van der Waals surface area contributed by atoms with E-state index in [1.165, 1.54) is 37.4 Å². The lowest BCUT2D eigenvalue weighted by atomic mass is 9.85. The number of halogens is 2. The highest BCUT2D eigenvalue weighted by molar-refractivity contribution is 6.30. The van der Waals surface area contributed by atoms with Gasteiger partial charge in [-0.05, 0) is 59.2 Å². The predicted molar refractivity (Wildman–Crippen MR) is 194 cm³/mol. The van der Waals surface area contributed by atoms with Gasteiger partial charge in [-0.15, -0.1) is 0 Å². The number of fused-ring (bicyclic) bond motifs is 1. The molecule has 3 heterocycles.